The van der Waals surface area contributed by atoms with Gasteiger partial charge >= 0.3 is 0 Å². The van der Waals surface area contributed by atoms with Gasteiger partial charge in [0.1, 0.15) is 11.8 Å². The number of hydrogen-bond acceptors (Lipinski definition) is 8. The summed E-state index contributed by atoms with van der Waals surface area (Å²) in [5.41, 5.74) is 4.52. The zero-order valence-electron chi connectivity index (χ0n) is 21.3. The first-order chi connectivity index (χ1) is 18.2. The number of aryl methyl sites for hydroxylation is 2. The van der Waals surface area contributed by atoms with Crippen molar-refractivity contribution in [3.8, 4) is 17.2 Å². The number of aliphatic hydroxyl groups excluding tert-OH is 1. The van der Waals surface area contributed by atoms with Crippen LogP contribution >= 0.6 is 0 Å². The summed E-state index contributed by atoms with van der Waals surface area (Å²) >= 11 is 0. The molecule has 11 heteroatoms. The number of hydrogen-bond donors (Lipinski definition) is 2. The number of sulfonamides is 1. The van der Waals surface area contributed by atoms with Gasteiger partial charge in [-0.05, 0) is 60.4 Å². The number of aliphatic hydroxyl groups is 1. The van der Waals surface area contributed by atoms with E-state index in [0.717, 1.165) is 9.87 Å². The SMILES string of the molecule is COc1cc(C)c(S(=O)(=O)N(Cc2ccc3c(c2)OCO3)C(CO)C(=O)NOCc2ccccc2)c(C)c1. The molecule has 10 nitrogen and oxygen atoms in total. The number of ether oxygens (including phenoxy) is 3. The molecular formula is C27H30N2O8S. The van der Waals surface area contributed by atoms with Crippen LogP contribution in [0.1, 0.15) is 22.3 Å². The Kier molecular flexibility index (Phi) is 8.52. The summed E-state index contributed by atoms with van der Waals surface area (Å²) in [6.45, 7) is 2.43. The van der Waals surface area contributed by atoms with Gasteiger partial charge in [-0.1, -0.05) is 36.4 Å². The van der Waals surface area contributed by atoms with Crippen molar-refractivity contribution in [2.45, 2.75) is 37.9 Å². The number of benzene rings is 3. The summed E-state index contributed by atoms with van der Waals surface area (Å²) in [6.07, 6.45) is 0. The number of rotatable bonds is 11. The number of carbonyl (C=O) groups excluding carboxylic acids is 1. The molecule has 0 fully saturated rings. The molecule has 0 radical (unpaired) electrons. The number of methoxy groups -OCH3 is 1. The van der Waals surface area contributed by atoms with Gasteiger partial charge in [-0.3, -0.25) is 9.63 Å². The Morgan fingerprint density at radius 2 is 1.71 bits per heavy atom. The number of amides is 1. The molecule has 1 aliphatic rings. The van der Waals surface area contributed by atoms with Crippen molar-refractivity contribution in [3.05, 3.63) is 82.9 Å². The fourth-order valence-electron chi connectivity index (χ4n) is 4.27. The van der Waals surface area contributed by atoms with E-state index in [-0.39, 0.29) is 24.8 Å². The molecule has 38 heavy (non-hydrogen) atoms. The Labute approximate surface area is 221 Å². The molecule has 0 spiro atoms. The fourth-order valence-corrected chi connectivity index (χ4v) is 6.25. The van der Waals surface area contributed by atoms with Gasteiger partial charge in [-0.25, -0.2) is 13.9 Å². The predicted molar refractivity (Wildman–Crippen MR) is 138 cm³/mol. The van der Waals surface area contributed by atoms with Gasteiger partial charge in [0.25, 0.3) is 5.91 Å². The van der Waals surface area contributed by atoms with E-state index in [1.165, 1.54) is 7.11 Å². The first-order valence-electron chi connectivity index (χ1n) is 11.9. The minimum Gasteiger partial charge on any atom is -0.497 e. The lowest BCUT2D eigenvalue weighted by molar-refractivity contribution is -0.140. The van der Waals surface area contributed by atoms with E-state index in [4.69, 9.17) is 19.0 Å². The number of nitrogens with one attached hydrogen (secondary N) is 1. The van der Waals surface area contributed by atoms with Crippen molar-refractivity contribution in [1.82, 2.24) is 9.79 Å². The molecule has 0 aliphatic carbocycles. The largest absolute Gasteiger partial charge is 0.497 e. The summed E-state index contributed by atoms with van der Waals surface area (Å²) in [7, 11) is -2.81. The van der Waals surface area contributed by atoms with Crippen LogP contribution in [0.25, 0.3) is 0 Å². The van der Waals surface area contributed by atoms with Crippen LogP contribution in [0.15, 0.2) is 65.6 Å². The Bertz CT molecular complexity index is 1370. The maximum atomic E-state index is 14.1. The van der Waals surface area contributed by atoms with Crippen molar-refractivity contribution in [2.24, 2.45) is 0 Å². The predicted octanol–water partition coefficient (Wildman–Crippen LogP) is 2.84. The van der Waals surface area contributed by atoms with Crippen LogP contribution in [0.2, 0.25) is 0 Å². The molecule has 2 N–H and O–H groups in total. The minimum atomic E-state index is -4.30. The van der Waals surface area contributed by atoms with Crippen molar-refractivity contribution < 1.29 is 37.4 Å². The highest BCUT2D eigenvalue weighted by atomic mass is 32.2. The van der Waals surface area contributed by atoms with Crippen molar-refractivity contribution >= 4 is 15.9 Å². The second-order valence-electron chi connectivity index (χ2n) is 8.77. The third kappa shape index (κ3) is 5.91. The Morgan fingerprint density at radius 3 is 2.37 bits per heavy atom. The molecule has 1 amide bonds. The van der Waals surface area contributed by atoms with Crippen LogP contribution in [0.4, 0.5) is 0 Å². The summed E-state index contributed by atoms with van der Waals surface area (Å²) in [4.78, 5) is 18.5. The normalized spacial score (nSPS) is 13.4. The van der Waals surface area contributed by atoms with Gasteiger partial charge in [0.05, 0.1) is 25.2 Å². The Hall–Kier alpha value is -3.64. The van der Waals surface area contributed by atoms with Crippen LogP contribution in [0.3, 0.4) is 0 Å². The lowest BCUT2D eigenvalue weighted by Gasteiger charge is -2.30. The smallest absolute Gasteiger partial charge is 0.264 e. The average molecular weight is 543 g/mol. The lowest BCUT2D eigenvalue weighted by atomic mass is 10.1. The summed E-state index contributed by atoms with van der Waals surface area (Å²) in [5, 5.41) is 10.3. The number of hydroxylamine groups is 1. The quantitative estimate of drug-likeness (QED) is 0.355. The zero-order valence-corrected chi connectivity index (χ0v) is 22.2. The minimum absolute atomic E-state index is 0.0236. The van der Waals surface area contributed by atoms with E-state index < -0.39 is 28.6 Å². The second kappa shape index (κ2) is 11.8. The van der Waals surface area contributed by atoms with Gasteiger partial charge in [0.15, 0.2) is 11.5 Å². The number of fused-ring (bicyclic) bond motifs is 1. The van der Waals surface area contributed by atoms with Gasteiger partial charge in [-0.2, -0.15) is 4.31 Å². The summed E-state index contributed by atoms with van der Waals surface area (Å²) in [5.74, 6) is 0.701. The first kappa shape index (κ1) is 27.4. The third-order valence-corrected chi connectivity index (χ3v) is 8.25. The van der Waals surface area contributed by atoms with Crippen molar-refractivity contribution in [3.63, 3.8) is 0 Å². The molecule has 0 saturated carbocycles. The number of nitrogens with zero attached hydrogens (tertiary/aromatic N) is 1. The zero-order chi connectivity index (χ0) is 27.3. The molecule has 4 rings (SSSR count). The van der Waals surface area contributed by atoms with E-state index in [2.05, 4.69) is 5.48 Å². The molecule has 0 bridgehead atoms. The molecule has 3 aromatic rings. The summed E-state index contributed by atoms with van der Waals surface area (Å²) in [6, 6.07) is 15.9. The van der Waals surface area contributed by atoms with Crippen molar-refractivity contribution in [1.29, 1.82) is 0 Å². The molecule has 1 atom stereocenters. The molecule has 1 aliphatic heterocycles. The van der Waals surface area contributed by atoms with Crippen LogP contribution in [-0.2, 0) is 32.8 Å². The van der Waals surface area contributed by atoms with E-state index >= 15 is 0 Å². The van der Waals surface area contributed by atoms with Crippen LogP contribution in [0.5, 0.6) is 17.2 Å². The van der Waals surface area contributed by atoms with Crippen LogP contribution in [0, 0.1) is 13.8 Å². The maximum Gasteiger partial charge on any atom is 0.264 e. The maximum absolute atomic E-state index is 14.1. The lowest BCUT2D eigenvalue weighted by Crippen LogP contribution is -2.51. The first-order valence-corrected chi connectivity index (χ1v) is 13.3. The molecule has 0 aromatic heterocycles. The second-order valence-corrected chi connectivity index (χ2v) is 10.6. The highest BCUT2D eigenvalue weighted by Crippen LogP contribution is 2.35. The van der Waals surface area contributed by atoms with Gasteiger partial charge in [-0.15, -0.1) is 0 Å². The van der Waals surface area contributed by atoms with E-state index in [1.54, 1.807) is 44.2 Å². The molecule has 3 aromatic carbocycles. The van der Waals surface area contributed by atoms with Gasteiger partial charge < -0.3 is 19.3 Å². The van der Waals surface area contributed by atoms with E-state index in [0.29, 0.717) is 33.9 Å². The van der Waals surface area contributed by atoms with Gasteiger partial charge in [0, 0.05) is 6.54 Å². The standard InChI is InChI=1S/C27H30N2O8S/c1-18-11-22(34-3)12-19(2)26(18)38(32,33)29(14-21-9-10-24-25(13-21)36-17-35-24)23(15-30)27(31)28-37-16-20-7-5-4-6-8-20/h4-13,23,30H,14-17H2,1-3H3,(H,28,31). The fraction of sp³-hybridized carbons (Fsp3) is 0.296. The molecular weight excluding hydrogens is 512 g/mol. The third-order valence-electron chi connectivity index (χ3n) is 6.09. The average Bonchev–Trinajstić information content (AvgIpc) is 3.36. The van der Waals surface area contributed by atoms with Crippen molar-refractivity contribution in [2.75, 3.05) is 20.5 Å². The molecule has 202 valence electrons. The van der Waals surface area contributed by atoms with E-state index in [1.807, 2.05) is 30.3 Å². The number of carbonyl (C=O) groups is 1. The molecule has 0 saturated heterocycles. The monoisotopic (exact) mass is 542 g/mol. The van der Waals surface area contributed by atoms with Crippen LogP contribution in [-0.4, -0.2) is 50.3 Å². The van der Waals surface area contributed by atoms with Crippen LogP contribution < -0.4 is 19.7 Å². The topological polar surface area (TPSA) is 124 Å². The molecule has 1 heterocycles. The highest BCUT2D eigenvalue weighted by Gasteiger charge is 2.38. The Balaban J connectivity index is 1.67. The van der Waals surface area contributed by atoms with Gasteiger partial charge in [0.2, 0.25) is 16.8 Å². The van der Waals surface area contributed by atoms with E-state index in [9.17, 15) is 18.3 Å². The summed E-state index contributed by atoms with van der Waals surface area (Å²) < 4.78 is 45.2. The Morgan fingerprint density at radius 1 is 1.03 bits per heavy atom. The molecule has 1 unspecified atom stereocenters. The highest BCUT2D eigenvalue weighted by molar-refractivity contribution is 7.89.